The molecule has 1 N–H and O–H groups in total. The number of aryl methyl sites for hydroxylation is 2. The fraction of sp³-hybridized carbons (Fsp3) is 0.364. The van der Waals surface area contributed by atoms with Gasteiger partial charge in [0, 0.05) is 32.9 Å². The van der Waals surface area contributed by atoms with Crippen molar-refractivity contribution in [3.05, 3.63) is 88.8 Å². The summed E-state index contributed by atoms with van der Waals surface area (Å²) in [5.41, 5.74) is 3.94. The van der Waals surface area contributed by atoms with Gasteiger partial charge in [-0.2, -0.15) is 8.42 Å². The number of oxazole rings is 1. The molecule has 0 amide bonds. The summed E-state index contributed by atoms with van der Waals surface area (Å²) in [7, 11) is -3.84. The van der Waals surface area contributed by atoms with Gasteiger partial charge in [0.1, 0.15) is 11.5 Å². The number of hydrogen-bond acceptors (Lipinski definition) is 7. The van der Waals surface area contributed by atoms with Crippen LogP contribution in [0.25, 0.3) is 11.5 Å². The fourth-order valence-electron chi connectivity index (χ4n) is 4.42. The van der Waals surface area contributed by atoms with E-state index < -0.39 is 10.1 Å². The Morgan fingerprint density at radius 3 is 1.95 bits per heavy atom. The molecule has 0 spiro atoms. The van der Waals surface area contributed by atoms with Crippen LogP contribution in [0.3, 0.4) is 0 Å². The molecule has 4 aromatic rings. The lowest BCUT2D eigenvalue weighted by molar-refractivity contribution is 0.320. The average Bonchev–Trinajstić information content (AvgIpc) is 3.24. The molecule has 1 aromatic heterocycles. The highest BCUT2D eigenvalue weighted by molar-refractivity contribution is 7.99. The van der Waals surface area contributed by atoms with Crippen LogP contribution < -0.4 is 0 Å². The van der Waals surface area contributed by atoms with Gasteiger partial charge in [0.2, 0.25) is 5.89 Å². The van der Waals surface area contributed by atoms with E-state index in [9.17, 15) is 13.5 Å². The second kappa shape index (κ2) is 11.7. The number of aromatic nitrogens is 1. The maximum atomic E-state index is 12.5. The molecular weight excluding hydrogens is 554 g/mol. The number of phenolic OH excluding ortho intramolecular Hbond substituents is 1. The van der Waals surface area contributed by atoms with Gasteiger partial charge in [0.15, 0.2) is 0 Å². The quantitative estimate of drug-likeness (QED) is 0.205. The van der Waals surface area contributed by atoms with Gasteiger partial charge in [0.05, 0.1) is 17.2 Å². The van der Waals surface area contributed by atoms with Crippen molar-refractivity contribution in [2.75, 3.05) is 6.61 Å². The van der Waals surface area contributed by atoms with E-state index >= 15 is 0 Å². The van der Waals surface area contributed by atoms with E-state index in [2.05, 4.69) is 58.7 Å². The highest BCUT2D eigenvalue weighted by atomic mass is 32.2. The van der Waals surface area contributed by atoms with E-state index in [0.29, 0.717) is 29.5 Å². The standard InChI is InChI=1S/C33H39NO5S2/c1-21-9-15-26(16-10-21)41(36,37)38-18-17-29-22(2)39-31(34-29)23-11-13-24(14-12-23)40-25-19-27(32(3,4)5)30(35)28(20-25)33(6,7)8/h9-16,19-20,35H,17-18H2,1-8H3. The van der Waals surface area contributed by atoms with Crippen molar-refractivity contribution in [3.63, 3.8) is 0 Å². The van der Waals surface area contributed by atoms with Crippen molar-refractivity contribution >= 4 is 21.9 Å². The molecule has 0 radical (unpaired) electrons. The SMILES string of the molecule is Cc1ccc(S(=O)(=O)OCCc2nc(-c3ccc(Sc4cc(C(C)(C)C)c(O)c(C(C)(C)C)c4)cc3)oc2C)cc1. The van der Waals surface area contributed by atoms with Crippen LogP contribution in [0.15, 0.2) is 79.8 Å². The zero-order chi connectivity index (χ0) is 30.2. The molecule has 218 valence electrons. The third-order valence-electron chi connectivity index (χ3n) is 6.82. The van der Waals surface area contributed by atoms with Gasteiger partial charge >= 0.3 is 0 Å². The van der Waals surface area contributed by atoms with Gasteiger partial charge in [-0.15, -0.1) is 0 Å². The molecule has 3 aromatic carbocycles. The summed E-state index contributed by atoms with van der Waals surface area (Å²) in [6.45, 7) is 16.3. The van der Waals surface area contributed by atoms with E-state index in [1.54, 1.807) is 36.0 Å². The molecule has 0 unspecified atom stereocenters. The van der Waals surface area contributed by atoms with E-state index in [-0.39, 0.29) is 22.3 Å². The third kappa shape index (κ3) is 7.42. The largest absolute Gasteiger partial charge is 0.507 e. The molecule has 0 fully saturated rings. The molecule has 41 heavy (non-hydrogen) atoms. The van der Waals surface area contributed by atoms with Crippen molar-refractivity contribution in [2.45, 2.75) is 87.3 Å². The van der Waals surface area contributed by atoms with Crippen molar-refractivity contribution in [1.29, 1.82) is 0 Å². The zero-order valence-electron chi connectivity index (χ0n) is 25.0. The smallest absolute Gasteiger partial charge is 0.296 e. The van der Waals surface area contributed by atoms with E-state index in [0.717, 1.165) is 32.0 Å². The van der Waals surface area contributed by atoms with Crippen molar-refractivity contribution in [2.24, 2.45) is 0 Å². The lowest BCUT2D eigenvalue weighted by atomic mass is 9.79. The normalized spacial score (nSPS) is 12.6. The lowest BCUT2D eigenvalue weighted by Gasteiger charge is -2.28. The Morgan fingerprint density at radius 2 is 1.41 bits per heavy atom. The molecule has 6 nitrogen and oxygen atoms in total. The maximum absolute atomic E-state index is 12.5. The monoisotopic (exact) mass is 593 g/mol. The Morgan fingerprint density at radius 1 is 0.854 bits per heavy atom. The summed E-state index contributed by atoms with van der Waals surface area (Å²) >= 11 is 1.65. The number of aromatic hydroxyl groups is 1. The zero-order valence-corrected chi connectivity index (χ0v) is 26.7. The molecule has 0 atom stereocenters. The molecule has 1 heterocycles. The van der Waals surface area contributed by atoms with Gasteiger partial charge in [-0.3, -0.25) is 4.18 Å². The second-order valence-electron chi connectivity index (χ2n) is 12.4. The van der Waals surface area contributed by atoms with Crippen LogP contribution in [0.4, 0.5) is 0 Å². The van der Waals surface area contributed by atoms with Crippen molar-refractivity contribution in [3.8, 4) is 17.2 Å². The first-order valence-corrected chi connectivity index (χ1v) is 15.9. The minimum Gasteiger partial charge on any atom is -0.507 e. The first-order valence-electron chi connectivity index (χ1n) is 13.6. The maximum Gasteiger partial charge on any atom is 0.296 e. The molecular formula is C33H39NO5S2. The topological polar surface area (TPSA) is 89.6 Å². The summed E-state index contributed by atoms with van der Waals surface area (Å²) in [5, 5.41) is 11.0. The van der Waals surface area contributed by atoms with Gasteiger partial charge in [-0.25, -0.2) is 4.98 Å². The molecule has 0 aliphatic heterocycles. The second-order valence-corrected chi connectivity index (χ2v) is 15.1. The molecule has 8 heteroatoms. The summed E-state index contributed by atoms with van der Waals surface area (Å²) < 4.78 is 36.1. The molecule has 0 bridgehead atoms. The fourth-order valence-corrected chi connectivity index (χ4v) is 6.22. The molecule has 4 rings (SSSR count). The average molecular weight is 594 g/mol. The van der Waals surface area contributed by atoms with Crippen LogP contribution in [0.5, 0.6) is 5.75 Å². The summed E-state index contributed by atoms with van der Waals surface area (Å²) in [4.78, 5) is 6.87. The highest BCUT2D eigenvalue weighted by Crippen LogP contribution is 2.43. The van der Waals surface area contributed by atoms with Crippen LogP contribution in [0, 0.1) is 13.8 Å². The van der Waals surface area contributed by atoms with E-state index in [1.807, 2.05) is 38.1 Å². The van der Waals surface area contributed by atoms with Crippen LogP contribution in [0.2, 0.25) is 0 Å². The Labute approximate surface area is 248 Å². The molecule has 0 saturated carbocycles. The number of phenols is 1. The van der Waals surface area contributed by atoms with Gasteiger partial charge < -0.3 is 9.52 Å². The number of nitrogens with zero attached hydrogens (tertiary/aromatic N) is 1. The van der Waals surface area contributed by atoms with Crippen LogP contribution in [-0.2, 0) is 31.6 Å². The third-order valence-corrected chi connectivity index (χ3v) is 9.12. The number of hydrogen-bond donors (Lipinski definition) is 1. The van der Waals surface area contributed by atoms with E-state index in [1.165, 1.54) is 0 Å². The lowest BCUT2D eigenvalue weighted by Crippen LogP contribution is -2.17. The first-order chi connectivity index (χ1) is 19.0. The predicted molar refractivity (Wildman–Crippen MR) is 164 cm³/mol. The van der Waals surface area contributed by atoms with E-state index in [4.69, 9.17) is 8.60 Å². The minimum absolute atomic E-state index is 0.0294. The number of rotatable bonds is 8. The van der Waals surface area contributed by atoms with Crippen LogP contribution in [0.1, 0.15) is 69.7 Å². The van der Waals surface area contributed by atoms with Crippen molar-refractivity contribution in [1.82, 2.24) is 4.98 Å². The Hall–Kier alpha value is -3.07. The van der Waals surface area contributed by atoms with Crippen LogP contribution in [-0.4, -0.2) is 25.1 Å². The first kappa shape index (κ1) is 30.9. The molecule has 0 aliphatic rings. The predicted octanol–water partition coefficient (Wildman–Crippen LogP) is 8.36. The summed E-state index contributed by atoms with van der Waals surface area (Å²) in [6.07, 6.45) is 0.307. The Kier molecular flexibility index (Phi) is 8.79. The highest BCUT2D eigenvalue weighted by Gasteiger charge is 2.27. The van der Waals surface area contributed by atoms with Gasteiger partial charge in [0.25, 0.3) is 10.1 Å². The van der Waals surface area contributed by atoms with Crippen molar-refractivity contribution < 1.29 is 22.1 Å². The van der Waals surface area contributed by atoms with Gasteiger partial charge in [-0.05, 0) is 73.2 Å². The molecule has 0 saturated heterocycles. The summed E-state index contributed by atoms with van der Waals surface area (Å²) in [6, 6.07) is 18.7. The minimum atomic E-state index is -3.84. The Balaban J connectivity index is 1.47. The summed E-state index contributed by atoms with van der Waals surface area (Å²) in [5.74, 6) is 1.48. The van der Waals surface area contributed by atoms with Crippen LogP contribution >= 0.6 is 11.8 Å². The molecule has 0 aliphatic carbocycles. The number of benzene rings is 3. The van der Waals surface area contributed by atoms with Gasteiger partial charge in [-0.1, -0.05) is 71.0 Å². The Bertz CT molecular complexity index is 1590.